The number of aromatic nitrogens is 5. The van der Waals surface area contributed by atoms with Gasteiger partial charge in [0, 0.05) is 23.9 Å². The minimum Gasteiger partial charge on any atom is -0.481 e. The first-order valence-electron chi connectivity index (χ1n) is 10.6. The van der Waals surface area contributed by atoms with Crippen LogP contribution in [-0.4, -0.2) is 35.8 Å². The van der Waals surface area contributed by atoms with Gasteiger partial charge in [0.15, 0.2) is 0 Å². The third kappa shape index (κ3) is 5.25. The summed E-state index contributed by atoms with van der Waals surface area (Å²) in [6.45, 7) is 6.82. The lowest BCUT2D eigenvalue weighted by molar-refractivity contribution is -0.137. The highest BCUT2D eigenvalue weighted by Crippen LogP contribution is 2.27. The Morgan fingerprint density at radius 2 is 1.91 bits per heavy atom. The molecule has 9 heteroatoms. The number of aliphatic carboxylic acids is 1. The molecule has 0 saturated heterocycles. The van der Waals surface area contributed by atoms with Gasteiger partial charge in [0.2, 0.25) is 11.7 Å². The molecule has 0 amide bonds. The molecule has 1 unspecified atom stereocenters. The van der Waals surface area contributed by atoms with Crippen LogP contribution in [0.4, 0.5) is 5.82 Å². The van der Waals surface area contributed by atoms with Gasteiger partial charge in [0.05, 0.1) is 18.4 Å². The van der Waals surface area contributed by atoms with Crippen molar-refractivity contribution in [1.29, 1.82) is 0 Å². The first-order chi connectivity index (χ1) is 15.7. The van der Waals surface area contributed by atoms with Crippen molar-refractivity contribution in [3.05, 3.63) is 77.8 Å². The quantitative estimate of drug-likeness (QED) is 0.437. The van der Waals surface area contributed by atoms with Crippen LogP contribution in [0.2, 0.25) is 0 Å². The van der Waals surface area contributed by atoms with Crippen molar-refractivity contribution in [2.24, 2.45) is 0 Å². The number of imidazole rings is 1. The number of rotatable bonds is 7. The Bertz CT molecular complexity index is 1240. The predicted molar refractivity (Wildman–Crippen MR) is 123 cm³/mol. The normalized spacial score (nSPS) is 12.6. The molecule has 4 aromatic rings. The van der Waals surface area contributed by atoms with Crippen LogP contribution < -0.4 is 5.73 Å². The standard InChI is InChI=1S/C24H26N6O3/c1-24(2,3)17-7-4-15(5-8-17)23-28-21(33-29-23)13-30-12-19(27-14-30)18(10-22(31)32)16-6-9-20(25)26-11-16/h4-9,11-12,14,18H,10,13H2,1-3H3,(H2,25,26)(H,31,32). The van der Waals surface area contributed by atoms with Crippen molar-refractivity contribution in [1.82, 2.24) is 24.7 Å². The van der Waals surface area contributed by atoms with Gasteiger partial charge in [-0.05, 0) is 22.6 Å². The summed E-state index contributed by atoms with van der Waals surface area (Å²) in [5.74, 6) is -0.0549. The zero-order valence-electron chi connectivity index (χ0n) is 18.8. The Morgan fingerprint density at radius 3 is 2.55 bits per heavy atom. The molecule has 3 aromatic heterocycles. The Balaban J connectivity index is 1.51. The number of carboxylic acids is 1. The summed E-state index contributed by atoms with van der Waals surface area (Å²) >= 11 is 0. The maximum Gasteiger partial charge on any atom is 0.304 e. The molecule has 0 saturated carbocycles. The fourth-order valence-corrected chi connectivity index (χ4v) is 3.55. The van der Waals surface area contributed by atoms with Crippen molar-refractivity contribution in [3.63, 3.8) is 0 Å². The maximum atomic E-state index is 11.4. The van der Waals surface area contributed by atoms with Gasteiger partial charge in [0.1, 0.15) is 12.4 Å². The molecule has 3 heterocycles. The molecule has 0 aliphatic carbocycles. The van der Waals surface area contributed by atoms with Gasteiger partial charge in [-0.3, -0.25) is 4.79 Å². The molecule has 4 rings (SSSR count). The molecule has 170 valence electrons. The summed E-state index contributed by atoms with van der Waals surface area (Å²) < 4.78 is 7.21. The molecule has 9 nitrogen and oxygen atoms in total. The van der Waals surface area contributed by atoms with Gasteiger partial charge in [-0.1, -0.05) is 56.3 Å². The van der Waals surface area contributed by atoms with E-state index < -0.39 is 11.9 Å². The Labute approximate surface area is 191 Å². The van der Waals surface area contributed by atoms with Crippen LogP contribution in [0.5, 0.6) is 0 Å². The molecule has 0 spiro atoms. The van der Waals surface area contributed by atoms with E-state index in [2.05, 4.69) is 53.0 Å². The molecule has 0 radical (unpaired) electrons. The number of hydrogen-bond donors (Lipinski definition) is 2. The first-order valence-corrected chi connectivity index (χ1v) is 10.6. The third-order valence-corrected chi connectivity index (χ3v) is 5.40. The molecule has 0 aliphatic rings. The van der Waals surface area contributed by atoms with Crippen molar-refractivity contribution in [2.45, 2.75) is 45.1 Å². The number of carbonyl (C=O) groups is 1. The minimum atomic E-state index is -0.926. The highest BCUT2D eigenvalue weighted by atomic mass is 16.5. The Kier molecular flexibility index (Phi) is 5.95. The number of nitrogen functional groups attached to an aromatic ring is 1. The molecular formula is C24H26N6O3. The average molecular weight is 447 g/mol. The van der Waals surface area contributed by atoms with Crippen molar-refractivity contribution < 1.29 is 14.4 Å². The zero-order chi connectivity index (χ0) is 23.6. The summed E-state index contributed by atoms with van der Waals surface area (Å²) in [6, 6.07) is 11.5. The van der Waals surface area contributed by atoms with Crippen LogP contribution in [0.1, 0.15) is 55.8 Å². The molecule has 33 heavy (non-hydrogen) atoms. The molecular weight excluding hydrogens is 420 g/mol. The lowest BCUT2D eigenvalue weighted by Crippen LogP contribution is -2.10. The van der Waals surface area contributed by atoms with E-state index in [9.17, 15) is 9.90 Å². The van der Waals surface area contributed by atoms with Gasteiger partial charge in [-0.15, -0.1) is 0 Å². The lowest BCUT2D eigenvalue weighted by atomic mass is 9.87. The Morgan fingerprint density at radius 1 is 1.15 bits per heavy atom. The highest BCUT2D eigenvalue weighted by Gasteiger charge is 2.21. The highest BCUT2D eigenvalue weighted by molar-refractivity contribution is 5.68. The van der Waals surface area contributed by atoms with Crippen molar-refractivity contribution in [3.8, 4) is 11.4 Å². The van der Waals surface area contributed by atoms with E-state index in [1.54, 1.807) is 35.4 Å². The van der Waals surface area contributed by atoms with E-state index in [0.29, 0.717) is 29.8 Å². The van der Waals surface area contributed by atoms with Crippen LogP contribution >= 0.6 is 0 Å². The second-order valence-corrected chi connectivity index (χ2v) is 8.98. The van der Waals surface area contributed by atoms with Gasteiger partial charge in [-0.25, -0.2) is 9.97 Å². The van der Waals surface area contributed by atoms with Gasteiger partial charge < -0.3 is 19.9 Å². The fourth-order valence-electron chi connectivity index (χ4n) is 3.55. The van der Waals surface area contributed by atoms with E-state index in [1.807, 2.05) is 12.1 Å². The fraction of sp³-hybridized carbons (Fsp3) is 0.292. The molecule has 0 bridgehead atoms. The minimum absolute atomic E-state index is 0.0704. The second kappa shape index (κ2) is 8.85. The number of benzene rings is 1. The van der Waals surface area contributed by atoms with Gasteiger partial charge in [0.25, 0.3) is 0 Å². The zero-order valence-corrected chi connectivity index (χ0v) is 18.8. The summed E-state index contributed by atoms with van der Waals surface area (Å²) in [6.07, 6.45) is 4.87. The number of hydrogen-bond acceptors (Lipinski definition) is 7. The first kappa shape index (κ1) is 22.2. The van der Waals surface area contributed by atoms with E-state index in [-0.39, 0.29) is 11.8 Å². The summed E-state index contributed by atoms with van der Waals surface area (Å²) in [5.41, 5.74) is 9.18. The predicted octanol–water partition coefficient (Wildman–Crippen LogP) is 3.86. The van der Waals surface area contributed by atoms with Gasteiger partial charge >= 0.3 is 5.97 Å². The van der Waals surface area contributed by atoms with Crippen LogP contribution in [-0.2, 0) is 16.8 Å². The molecule has 0 aliphatic heterocycles. The van der Waals surface area contributed by atoms with Gasteiger partial charge in [-0.2, -0.15) is 4.98 Å². The number of nitrogens with zero attached hydrogens (tertiary/aromatic N) is 5. The monoisotopic (exact) mass is 446 g/mol. The largest absolute Gasteiger partial charge is 0.481 e. The van der Waals surface area contributed by atoms with Crippen LogP contribution in [0.25, 0.3) is 11.4 Å². The second-order valence-electron chi connectivity index (χ2n) is 8.98. The third-order valence-electron chi connectivity index (χ3n) is 5.40. The summed E-state index contributed by atoms with van der Waals surface area (Å²) in [7, 11) is 0. The Hall–Kier alpha value is -4.01. The van der Waals surface area contributed by atoms with Crippen molar-refractivity contribution >= 4 is 11.8 Å². The number of carboxylic acid groups (broad SMARTS) is 1. The van der Waals surface area contributed by atoms with E-state index in [1.165, 1.54) is 5.56 Å². The molecule has 1 aromatic carbocycles. The van der Waals surface area contributed by atoms with E-state index in [4.69, 9.17) is 10.3 Å². The molecule has 0 fully saturated rings. The average Bonchev–Trinajstić information content (AvgIpc) is 3.42. The topological polar surface area (TPSA) is 133 Å². The molecule has 1 atom stereocenters. The van der Waals surface area contributed by atoms with E-state index >= 15 is 0 Å². The van der Waals surface area contributed by atoms with Crippen LogP contribution in [0, 0.1) is 0 Å². The lowest BCUT2D eigenvalue weighted by Gasteiger charge is -2.18. The summed E-state index contributed by atoms with van der Waals surface area (Å²) in [5, 5.41) is 13.5. The van der Waals surface area contributed by atoms with Crippen molar-refractivity contribution in [2.75, 3.05) is 5.73 Å². The number of nitrogens with two attached hydrogens (primary N) is 1. The summed E-state index contributed by atoms with van der Waals surface area (Å²) in [4.78, 5) is 24.4. The smallest absolute Gasteiger partial charge is 0.304 e. The van der Waals surface area contributed by atoms with Crippen LogP contribution in [0.15, 0.2) is 59.6 Å². The maximum absolute atomic E-state index is 11.4. The number of pyridine rings is 1. The van der Waals surface area contributed by atoms with Crippen LogP contribution in [0.3, 0.4) is 0 Å². The van der Waals surface area contributed by atoms with E-state index in [0.717, 1.165) is 11.1 Å². The molecule has 3 N–H and O–H groups in total. The SMILES string of the molecule is CC(C)(C)c1ccc(-c2noc(Cn3cnc(C(CC(=O)O)c4ccc(N)nc4)c3)n2)cc1. The number of anilines is 1.